The Balaban J connectivity index is 1.90. The smallest absolute Gasteiger partial charge is 0.177 e. The van der Waals surface area contributed by atoms with Crippen molar-refractivity contribution in [2.75, 3.05) is 13.2 Å². The minimum absolute atomic E-state index is 0.185. The third kappa shape index (κ3) is 1.60. The van der Waals surface area contributed by atoms with Gasteiger partial charge in [0.15, 0.2) is 6.29 Å². The summed E-state index contributed by atoms with van der Waals surface area (Å²) in [6.07, 6.45) is -0.185. The van der Waals surface area contributed by atoms with Gasteiger partial charge in [-0.25, -0.2) is 4.68 Å². The molecule has 3 rings (SSSR count). The van der Waals surface area contributed by atoms with Crippen LogP contribution in [0.1, 0.15) is 0 Å². The molecule has 1 aromatic heterocycles. The van der Waals surface area contributed by atoms with Gasteiger partial charge in [-0.3, -0.25) is 0 Å². The van der Waals surface area contributed by atoms with Crippen LogP contribution in [0.4, 0.5) is 0 Å². The van der Waals surface area contributed by atoms with Gasteiger partial charge in [0.1, 0.15) is 5.52 Å². The van der Waals surface area contributed by atoms with Crippen molar-refractivity contribution in [2.45, 2.75) is 12.8 Å². The fourth-order valence-electron chi connectivity index (χ4n) is 1.71. The minimum Gasteiger partial charge on any atom is -0.348 e. The fourth-order valence-corrected chi connectivity index (χ4v) is 1.71. The van der Waals surface area contributed by atoms with Crippen LogP contribution in [0.5, 0.6) is 0 Å². The second kappa shape index (κ2) is 3.60. The lowest BCUT2D eigenvalue weighted by Gasteiger charge is -2.08. The lowest BCUT2D eigenvalue weighted by Crippen LogP contribution is -2.17. The van der Waals surface area contributed by atoms with Gasteiger partial charge < -0.3 is 9.47 Å². The molecule has 0 radical (unpaired) electrons. The number of para-hydroxylation sites is 1. The van der Waals surface area contributed by atoms with E-state index in [0.29, 0.717) is 19.8 Å². The van der Waals surface area contributed by atoms with E-state index in [-0.39, 0.29) is 6.29 Å². The summed E-state index contributed by atoms with van der Waals surface area (Å²) < 4.78 is 12.5. The Morgan fingerprint density at radius 1 is 1.27 bits per heavy atom. The second-order valence-corrected chi connectivity index (χ2v) is 3.43. The topological polar surface area (TPSA) is 49.2 Å². The molecule has 0 unspecified atom stereocenters. The van der Waals surface area contributed by atoms with Crippen molar-refractivity contribution in [2.24, 2.45) is 0 Å². The number of benzene rings is 1. The summed E-state index contributed by atoms with van der Waals surface area (Å²) in [6.45, 7) is 1.93. The first-order valence-corrected chi connectivity index (χ1v) is 4.95. The van der Waals surface area contributed by atoms with Gasteiger partial charge in [0.2, 0.25) is 0 Å². The average molecular weight is 205 g/mol. The van der Waals surface area contributed by atoms with Crippen LogP contribution in [0.15, 0.2) is 24.3 Å². The van der Waals surface area contributed by atoms with Gasteiger partial charge in [-0.1, -0.05) is 17.3 Å². The van der Waals surface area contributed by atoms with Crippen LogP contribution in [0.3, 0.4) is 0 Å². The highest BCUT2D eigenvalue weighted by molar-refractivity contribution is 5.73. The Morgan fingerprint density at radius 2 is 2.07 bits per heavy atom. The van der Waals surface area contributed by atoms with Crippen LogP contribution in [0.2, 0.25) is 0 Å². The van der Waals surface area contributed by atoms with E-state index in [1.165, 1.54) is 0 Å². The molecule has 5 nitrogen and oxygen atoms in total. The lowest BCUT2D eigenvalue weighted by atomic mass is 10.3. The van der Waals surface area contributed by atoms with Gasteiger partial charge >= 0.3 is 0 Å². The molecule has 1 saturated heterocycles. The molecule has 15 heavy (non-hydrogen) atoms. The van der Waals surface area contributed by atoms with Crippen LogP contribution in [-0.2, 0) is 16.0 Å². The summed E-state index contributed by atoms with van der Waals surface area (Å²) in [5.74, 6) is 0. The van der Waals surface area contributed by atoms with E-state index in [4.69, 9.17) is 9.47 Å². The highest BCUT2D eigenvalue weighted by Crippen LogP contribution is 2.12. The van der Waals surface area contributed by atoms with E-state index in [1.807, 2.05) is 28.9 Å². The molecule has 1 fully saturated rings. The van der Waals surface area contributed by atoms with E-state index in [1.54, 1.807) is 0 Å². The van der Waals surface area contributed by atoms with Gasteiger partial charge in [-0.15, -0.1) is 5.10 Å². The Bertz CT molecular complexity index is 462. The van der Waals surface area contributed by atoms with Crippen molar-refractivity contribution in [3.63, 3.8) is 0 Å². The lowest BCUT2D eigenvalue weighted by molar-refractivity contribution is -0.0540. The predicted octanol–water partition coefficient (Wildman–Crippen LogP) is 0.804. The van der Waals surface area contributed by atoms with Crippen LogP contribution in [-0.4, -0.2) is 34.5 Å². The van der Waals surface area contributed by atoms with Crippen molar-refractivity contribution in [3.8, 4) is 0 Å². The molecule has 78 valence electrons. The van der Waals surface area contributed by atoms with E-state index in [0.717, 1.165) is 11.0 Å². The first kappa shape index (κ1) is 8.82. The van der Waals surface area contributed by atoms with Crippen molar-refractivity contribution in [1.82, 2.24) is 15.0 Å². The van der Waals surface area contributed by atoms with Crippen LogP contribution >= 0.6 is 0 Å². The van der Waals surface area contributed by atoms with E-state index in [9.17, 15) is 0 Å². The van der Waals surface area contributed by atoms with Gasteiger partial charge in [-0.2, -0.15) is 0 Å². The molecule has 2 aromatic rings. The molecule has 0 aliphatic carbocycles. The normalized spacial score (nSPS) is 17.6. The average Bonchev–Trinajstić information content (AvgIpc) is 2.89. The summed E-state index contributed by atoms with van der Waals surface area (Å²) in [5, 5.41) is 8.13. The molecule has 5 heteroatoms. The van der Waals surface area contributed by atoms with Gasteiger partial charge in [0.05, 0.1) is 25.3 Å². The number of rotatable bonds is 2. The molecular weight excluding hydrogens is 194 g/mol. The van der Waals surface area contributed by atoms with E-state index >= 15 is 0 Å². The SMILES string of the molecule is c1ccc2c(c1)nnn2CC1OCCO1. The first-order valence-electron chi connectivity index (χ1n) is 4.95. The molecule has 0 atom stereocenters. The van der Waals surface area contributed by atoms with E-state index < -0.39 is 0 Å². The number of fused-ring (bicyclic) bond motifs is 1. The zero-order valence-corrected chi connectivity index (χ0v) is 8.17. The highest BCUT2D eigenvalue weighted by Gasteiger charge is 2.17. The molecule has 2 heterocycles. The maximum absolute atomic E-state index is 5.36. The number of nitrogens with zero attached hydrogens (tertiary/aromatic N) is 3. The molecule has 1 aliphatic heterocycles. The number of ether oxygens (including phenoxy) is 2. The minimum atomic E-state index is -0.185. The van der Waals surface area contributed by atoms with Crippen LogP contribution < -0.4 is 0 Å². The Hall–Kier alpha value is -1.46. The highest BCUT2D eigenvalue weighted by atomic mass is 16.7. The zero-order valence-electron chi connectivity index (χ0n) is 8.17. The Labute approximate surface area is 86.6 Å². The fraction of sp³-hybridized carbons (Fsp3) is 0.400. The monoisotopic (exact) mass is 205 g/mol. The van der Waals surface area contributed by atoms with E-state index in [2.05, 4.69) is 10.3 Å². The summed E-state index contributed by atoms with van der Waals surface area (Å²) in [4.78, 5) is 0. The van der Waals surface area contributed by atoms with Crippen molar-refractivity contribution >= 4 is 11.0 Å². The molecule has 0 N–H and O–H groups in total. The zero-order chi connectivity index (χ0) is 10.1. The van der Waals surface area contributed by atoms with Gasteiger partial charge in [0, 0.05) is 0 Å². The van der Waals surface area contributed by atoms with Gasteiger partial charge in [-0.05, 0) is 12.1 Å². The second-order valence-electron chi connectivity index (χ2n) is 3.43. The van der Waals surface area contributed by atoms with Crippen molar-refractivity contribution in [3.05, 3.63) is 24.3 Å². The van der Waals surface area contributed by atoms with Gasteiger partial charge in [0.25, 0.3) is 0 Å². The molecule has 1 aliphatic rings. The molecular formula is C10H11N3O2. The molecule has 0 amide bonds. The van der Waals surface area contributed by atoms with Crippen molar-refractivity contribution in [1.29, 1.82) is 0 Å². The standard InChI is InChI=1S/C10H11N3O2/c1-2-4-9-8(3-1)11-12-13(9)7-10-14-5-6-15-10/h1-4,10H,5-7H2. The predicted molar refractivity (Wildman–Crippen MR) is 53.2 cm³/mol. The van der Waals surface area contributed by atoms with Crippen LogP contribution in [0, 0.1) is 0 Å². The third-order valence-electron chi connectivity index (χ3n) is 2.43. The molecule has 0 saturated carbocycles. The summed E-state index contributed by atoms with van der Waals surface area (Å²) in [5.41, 5.74) is 1.91. The number of aromatic nitrogens is 3. The largest absolute Gasteiger partial charge is 0.348 e. The Morgan fingerprint density at radius 3 is 2.93 bits per heavy atom. The summed E-state index contributed by atoms with van der Waals surface area (Å²) in [7, 11) is 0. The number of hydrogen-bond acceptors (Lipinski definition) is 4. The summed E-state index contributed by atoms with van der Waals surface area (Å²) >= 11 is 0. The third-order valence-corrected chi connectivity index (χ3v) is 2.43. The quantitative estimate of drug-likeness (QED) is 0.727. The maximum atomic E-state index is 5.36. The molecule has 0 bridgehead atoms. The first-order chi connectivity index (χ1) is 7.43. The Kier molecular flexibility index (Phi) is 2.12. The molecule has 1 aromatic carbocycles. The van der Waals surface area contributed by atoms with Crippen molar-refractivity contribution < 1.29 is 9.47 Å². The maximum Gasteiger partial charge on any atom is 0.177 e. The summed E-state index contributed by atoms with van der Waals surface area (Å²) in [6, 6.07) is 7.85. The number of hydrogen-bond donors (Lipinski definition) is 0. The van der Waals surface area contributed by atoms with Crippen LogP contribution in [0.25, 0.3) is 11.0 Å². The molecule has 0 spiro atoms.